The van der Waals surface area contributed by atoms with Gasteiger partial charge in [0.05, 0.1) is 11.6 Å². The van der Waals surface area contributed by atoms with Crippen LogP contribution in [0, 0.1) is 12.7 Å². The molecule has 0 N–H and O–H groups in total. The first-order chi connectivity index (χ1) is 10.2. The van der Waals surface area contributed by atoms with E-state index < -0.39 is 5.82 Å². The number of hydrogen-bond acceptors (Lipinski definition) is 1. The molecule has 0 spiro atoms. The van der Waals surface area contributed by atoms with Crippen molar-refractivity contribution < 1.29 is 9.18 Å². The van der Waals surface area contributed by atoms with E-state index >= 15 is 0 Å². The standard InChI is InChI=1S/C18H18FNO/c1-13-7-5-10-15(17(13)19)18(21)20-12-6-11-16(20)14-8-3-2-4-9-14/h2-5,7-10,16H,6,11-12H2,1H3. The molecule has 1 atom stereocenters. The largest absolute Gasteiger partial charge is 0.332 e. The highest BCUT2D eigenvalue weighted by Crippen LogP contribution is 2.33. The molecule has 21 heavy (non-hydrogen) atoms. The molecule has 0 radical (unpaired) electrons. The number of amides is 1. The molecule has 1 heterocycles. The number of halogens is 1. The molecule has 1 aliphatic rings. The Labute approximate surface area is 124 Å². The van der Waals surface area contributed by atoms with Gasteiger partial charge in [0.15, 0.2) is 0 Å². The Kier molecular flexibility index (Phi) is 3.74. The molecule has 1 unspecified atom stereocenters. The molecule has 0 saturated carbocycles. The van der Waals surface area contributed by atoms with E-state index in [4.69, 9.17) is 0 Å². The molecule has 1 saturated heterocycles. The van der Waals surface area contributed by atoms with Gasteiger partial charge < -0.3 is 4.90 Å². The molecular weight excluding hydrogens is 265 g/mol. The molecule has 108 valence electrons. The monoisotopic (exact) mass is 283 g/mol. The van der Waals surface area contributed by atoms with Crippen LogP contribution in [-0.4, -0.2) is 17.4 Å². The number of carbonyl (C=O) groups excluding carboxylic acids is 1. The van der Waals surface area contributed by atoms with E-state index in [-0.39, 0.29) is 17.5 Å². The maximum atomic E-state index is 14.2. The first-order valence-electron chi connectivity index (χ1n) is 7.29. The minimum Gasteiger partial charge on any atom is -0.332 e. The number of nitrogens with zero attached hydrogens (tertiary/aromatic N) is 1. The Balaban J connectivity index is 1.92. The zero-order valence-electron chi connectivity index (χ0n) is 12.1. The maximum Gasteiger partial charge on any atom is 0.257 e. The number of hydrogen-bond donors (Lipinski definition) is 0. The average Bonchev–Trinajstić information content (AvgIpc) is 3.00. The van der Waals surface area contributed by atoms with Crippen molar-refractivity contribution in [3.63, 3.8) is 0 Å². The van der Waals surface area contributed by atoms with Gasteiger partial charge in [0, 0.05) is 6.54 Å². The Morgan fingerprint density at radius 1 is 1.14 bits per heavy atom. The molecule has 2 nitrogen and oxygen atoms in total. The molecule has 0 aromatic heterocycles. The van der Waals surface area contributed by atoms with Gasteiger partial charge in [-0.05, 0) is 37.0 Å². The summed E-state index contributed by atoms with van der Waals surface area (Å²) in [5, 5.41) is 0. The Hall–Kier alpha value is -2.16. The van der Waals surface area contributed by atoms with Gasteiger partial charge in [-0.15, -0.1) is 0 Å². The first kappa shape index (κ1) is 13.8. The summed E-state index contributed by atoms with van der Waals surface area (Å²) in [5.74, 6) is -0.608. The molecule has 3 rings (SSSR count). The summed E-state index contributed by atoms with van der Waals surface area (Å²) in [6.07, 6.45) is 1.89. The number of aryl methyl sites for hydroxylation is 1. The second-order valence-corrected chi connectivity index (χ2v) is 5.50. The summed E-state index contributed by atoms with van der Waals surface area (Å²) in [7, 11) is 0. The van der Waals surface area contributed by atoms with Crippen molar-refractivity contribution in [1.82, 2.24) is 4.90 Å². The number of likely N-dealkylation sites (tertiary alicyclic amines) is 1. The zero-order valence-corrected chi connectivity index (χ0v) is 12.1. The molecule has 3 heteroatoms. The van der Waals surface area contributed by atoms with Crippen LogP contribution in [0.1, 0.15) is 40.4 Å². The lowest BCUT2D eigenvalue weighted by Crippen LogP contribution is -2.31. The van der Waals surface area contributed by atoms with Crippen LogP contribution in [-0.2, 0) is 0 Å². The van der Waals surface area contributed by atoms with Crippen molar-refractivity contribution >= 4 is 5.91 Å². The number of carbonyl (C=O) groups is 1. The van der Waals surface area contributed by atoms with Crippen molar-refractivity contribution in [3.05, 3.63) is 71.0 Å². The van der Waals surface area contributed by atoms with Crippen molar-refractivity contribution in [2.24, 2.45) is 0 Å². The molecule has 1 aliphatic heterocycles. The minimum atomic E-state index is -0.402. The summed E-state index contributed by atoms with van der Waals surface area (Å²) in [4.78, 5) is 14.5. The topological polar surface area (TPSA) is 20.3 Å². The van der Waals surface area contributed by atoms with Gasteiger partial charge in [-0.1, -0.05) is 42.5 Å². The molecular formula is C18H18FNO. The van der Waals surface area contributed by atoms with Crippen LogP contribution in [0.4, 0.5) is 4.39 Å². The smallest absolute Gasteiger partial charge is 0.257 e. The molecule has 1 fully saturated rings. The zero-order chi connectivity index (χ0) is 14.8. The van der Waals surface area contributed by atoms with Gasteiger partial charge in [-0.2, -0.15) is 0 Å². The lowest BCUT2D eigenvalue weighted by atomic mass is 10.0. The maximum absolute atomic E-state index is 14.2. The summed E-state index contributed by atoms with van der Waals surface area (Å²) < 4.78 is 14.2. The van der Waals surface area contributed by atoms with Crippen LogP contribution in [0.15, 0.2) is 48.5 Å². The second kappa shape index (κ2) is 5.68. The quantitative estimate of drug-likeness (QED) is 0.812. The van der Waals surface area contributed by atoms with Gasteiger partial charge in [0.2, 0.25) is 0 Å². The van der Waals surface area contributed by atoms with Crippen LogP contribution in [0.3, 0.4) is 0 Å². The third kappa shape index (κ3) is 2.56. The fourth-order valence-corrected chi connectivity index (χ4v) is 3.00. The molecule has 0 bridgehead atoms. The van der Waals surface area contributed by atoms with E-state index in [2.05, 4.69) is 0 Å². The predicted molar refractivity (Wildman–Crippen MR) is 80.6 cm³/mol. The van der Waals surface area contributed by atoms with Crippen LogP contribution >= 0.6 is 0 Å². The summed E-state index contributed by atoms with van der Waals surface area (Å²) >= 11 is 0. The van der Waals surface area contributed by atoms with Crippen LogP contribution < -0.4 is 0 Å². The highest BCUT2D eigenvalue weighted by Gasteiger charge is 2.31. The van der Waals surface area contributed by atoms with Gasteiger partial charge in [0.25, 0.3) is 5.91 Å². The summed E-state index contributed by atoms with van der Waals surface area (Å²) in [6.45, 7) is 2.37. The molecule has 0 aliphatic carbocycles. The average molecular weight is 283 g/mol. The van der Waals surface area contributed by atoms with E-state index in [1.807, 2.05) is 30.3 Å². The third-order valence-electron chi connectivity index (χ3n) is 4.12. The minimum absolute atomic E-state index is 0.0543. The molecule has 2 aromatic carbocycles. The van der Waals surface area contributed by atoms with Gasteiger partial charge in [-0.25, -0.2) is 4.39 Å². The third-order valence-corrected chi connectivity index (χ3v) is 4.12. The summed E-state index contributed by atoms with van der Waals surface area (Å²) in [6, 6.07) is 15.0. The van der Waals surface area contributed by atoms with Crippen molar-refractivity contribution in [3.8, 4) is 0 Å². The van der Waals surface area contributed by atoms with Gasteiger partial charge in [0.1, 0.15) is 5.82 Å². The number of rotatable bonds is 2. The van der Waals surface area contributed by atoms with Crippen LogP contribution in [0.5, 0.6) is 0 Å². The van der Waals surface area contributed by atoms with E-state index in [0.29, 0.717) is 12.1 Å². The first-order valence-corrected chi connectivity index (χ1v) is 7.29. The Morgan fingerprint density at radius 2 is 1.90 bits per heavy atom. The number of benzene rings is 2. The van der Waals surface area contributed by atoms with Crippen molar-refractivity contribution in [2.75, 3.05) is 6.54 Å². The Morgan fingerprint density at radius 3 is 2.67 bits per heavy atom. The fourth-order valence-electron chi connectivity index (χ4n) is 3.00. The predicted octanol–water partition coefficient (Wildman–Crippen LogP) is 4.11. The fraction of sp³-hybridized carbons (Fsp3) is 0.278. The van der Waals surface area contributed by atoms with Crippen LogP contribution in [0.25, 0.3) is 0 Å². The van der Waals surface area contributed by atoms with Crippen molar-refractivity contribution in [2.45, 2.75) is 25.8 Å². The lowest BCUT2D eigenvalue weighted by molar-refractivity contribution is 0.0730. The van der Waals surface area contributed by atoms with E-state index in [1.165, 1.54) is 0 Å². The van der Waals surface area contributed by atoms with E-state index in [1.54, 1.807) is 30.0 Å². The molecule has 1 amide bonds. The highest BCUT2D eigenvalue weighted by atomic mass is 19.1. The highest BCUT2D eigenvalue weighted by molar-refractivity contribution is 5.95. The second-order valence-electron chi connectivity index (χ2n) is 5.50. The lowest BCUT2D eigenvalue weighted by Gasteiger charge is -2.25. The summed E-state index contributed by atoms with van der Waals surface area (Å²) in [5.41, 5.74) is 1.81. The van der Waals surface area contributed by atoms with E-state index in [0.717, 1.165) is 18.4 Å². The normalized spacial score (nSPS) is 18.0. The Bertz CT molecular complexity index is 654. The van der Waals surface area contributed by atoms with Crippen molar-refractivity contribution in [1.29, 1.82) is 0 Å². The SMILES string of the molecule is Cc1cccc(C(=O)N2CCCC2c2ccccc2)c1F. The molecule has 2 aromatic rings. The van der Waals surface area contributed by atoms with Crippen LogP contribution in [0.2, 0.25) is 0 Å². The van der Waals surface area contributed by atoms with E-state index in [9.17, 15) is 9.18 Å². The van der Waals surface area contributed by atoms with Gasteiger partial charge in [-0.3, -0.25) is 4.79 Å². The van der Waals surface area contributed by atoms with Gasteiger partial charge >= 0.3 is 0 Å².